The Labute approximate surface area is 168 Å². The minimum absolute atomic E-state index is 0.449. The second kappa shape index (κ2) is 9.17. The first-order valence-corrected chi connectivity index (χ1v) is 13.1. The summed E-state index contributed by atoms with van der Waals surface area (Å²) in [6.07, 6.45) is 20.8. The van der Waals surface area contributed by atoms with Gasteiger partial charge in [0.2, 0.25) is 0 Å². The van der Waals surface area contributed by atoms with E-state index in [4.69, 9.17) is 0 Å². The third-order valence-electron chi connectivity index (χ3n) is 6.13. The Morgan fingerprint density at radius 1 is 0.680 bits per heavy atom. The monoisotopic (exact) mass is 416 g/mol. The van der Waals surface area contributed by atoms with E-state index in [-0.39, 0.29) is 0 Å². The van der Waals surface area contributed by atoms with Crippen LogP contribution in [0.1, 0.15) is 92.9 Å². The van der Waals surface area contributed by atoms with Crippen LogP contribution in [0.2, 0.25) is 6.25 Å². The van der Waals surface area contributed by atoms with Crippen molar-refractivity contribution in [1.29, 1.82) is 0 Å². The molecule has 0 fully saturated rings. The molecule has 0 amide bonds. The first kappa shape index (κ1) is 21.1. The van der Waals surface area contributed by atoms with Crippen LogP contribution in [-0.4, -0.2) is 0 Å². The summed E-state index contributed by atoms with van der Waals surface area (Å²) in [5, 5.41) is 0. The maximum absolute atomic E-state index is 2.73. The molecule has 0 heterocycles. The van der Waals surface area contributed by atoms with Gasteiger partial charge in [-0.1, -0.05) is 0 Å². The standard InChI is InChI=1S/2C12H19.Zr/c2*1-4-7-10-8-11(5-2)12(6-3)9-10;/h2*8-9H,4-7H2,1-3H3;. The Morgan fingerprint density at radius 2 is 1.08 bits per heavy atom. The van der Waals surface area contributed by atoms with Gasteiger partial charge in [-0.25, -0.2) is 0 Å². The van der Waals surface area contributed by atoms with Crippen molar-refractivity contribution in [3.8, 4) is 0 Å². The molecule has 2 atom stereocenters. The van der Waals surface area contributed by atoms with Gasteiger partial charge in [-0.2, -0.15) is 0 Å². The Morgan fingerprint density at radius 3 is 1.36 bits per heavy atom. The number of hydrogen-bond donors (Lipinski definition) is 0. The molecule has 0 saturated heterocycles. The van der Waals surface area contributed by atoms with Gasteiger partial charge in [-0.05, 0) is 0 Å². The predicted octanol–water partition coefficient (Wildman–Crippen LogP) is 8.36. The summed E-state index contributed by atoms with van der Waals surface area (Å²) in [4.78, 5) is 0. The van der Waals surface area contributed by atoms with Crippen molar-refractivity contribution in [1.82, 2.24) is 0 Å². The van der Waals surface area contributed by atoms with Crippen LogP contribution < -0.4 is 0 Å². The predicted molar refractivity (Wildman–Crippen MR) is 109 cm³/mol. The van der Waals surface area contributed by atoms with E-state index in [0.717, 1.165) is 0 Å². The normalized spacial score (nSPS) is 28.6. The van der Waals surface area contributed by atoms with Gasteiger partial charge in [0.25, 0.3) is 0 Å². The molecule has 2 aliphatic rings. The fourth-order valence-electron chi connectivity index (χ4n) is 4.77. The van der Waals surface area contributed by atoms with Crippen molar-refractivity contribution in [3.63, 3.8) is 0 Å². The van der Waals surface area contributed by atoms with Gasteiger partial charge >= 0.3 is 169 Å². The van der Waals surface area contributed by atoms with Gasteiger partial charge in [-0.3, -0.25) is 0 Å². The van der Waals surface area contributed by atoms with Crippen LogP contribution in [0.3, 0.4) is 0 Å². The molecule has 0 saturated carbocycles. The second-order valence-corrected chi connectivity index (χ2v) is 12.8. The molecular weight excluding hydrogens is 379 g/mol. The molecule has 0 bridgehead atoms. The van der Waals surface area contributed by atoms with E-state index in [9.17, 15) is 0 Å². The van der Waals surface area contributed by atoms with E-state index in [1.54, 1.807) is 22.3 Å². The van der Waals surface area contributed by atoms with Crippen molar-refractivity contribution in [2.75, 3.05) is 0 Å². The van der Waals surface area contributed by atoms with Crippen LogP contribution in [0.15, 0.2) is 46.6 Å². The van der Waals surface area contributed by atoms with Crippen molar-refractivity contribution in [2.45, 2.75) is 99.2 Å². The van der Waals surface area contributed by atoms with Crippen molar-refractivity contribution in [3.05, 3.63) is 46.6 Å². The Hall–Kier alpha value is -0.157. The van der Waals surface area contributed by atoms with Crippen molar-refractivity contribution < 1.29 is 23.2 Å². The summed E-state index contributed by atoms with van der Waals surface area (Å²) in [7, 11) is 0. The number of allylic oxidation sites excluding steroid dienone is 8. The number of rotatable bonds is 10. The average molecular weight is 418 g/mol. The molecule has 2 unspecified atom stereocenters. The first-order chi connectivity index (χ1) is 12.0. The zero-order chi connectivity index (χ0) is 18.5. The van der Waals surface area contributed by atoms with Crippen molar-refractivity contribution >= 4 is 0 Å². The van der Waals surface area contributed by atoms with E-state index < -0.39 is 23.2 Å². The van der Waals surface area contributed by atoms with Gasteiger partial charge in [0.05, 0.1) is 0 Å². The average Bonchev–Trinajstić information content (AvgIpc) is 3.14. The van der Waals surface area contributed by atoms with Crippen LogP contribution >= 0.6 is 0 Å². The van der Waals surface area contributed by atoms with Crippen LogP contribution in [0.4, 0.5) is 0 Å². The van der Waals surface area contributed by atoms with Crippen molar-refractivity contribution in [2.24, 2.45) is 0 Å². The molecule has 0 spiro atoms. The van der Waals surface area contributed by atoms with Crippen LogP contribution in [0.25, 0.3) is 0 Å². The topological polar surface area (TPSA) is 0 Å². The molecule has 2 rings (SSSR count). The van der Waals surface area contributed by atoms with Gasteiger partial charge in [0.15, 0.2) is 0 Å². The molecule has 25 heavy (non-hydrogen) atoms. The maximum atomic E-state index is 2.73. The minimum atomic E-state index is -0.717. The second-order valence-electron chi connectivity index (χ2n) is 7.76. The molecular formula is C24H38Zr. The van der Waals surface area contributed by atoms with Crippen LogP contribution in [0, 0.1) is 0 Å². The molecule has 2 aliphatic carbocycles. The molecule has 0 aromatic carbocycles. The fraction of sp³-hybridized carbons (Fsp3) is 0.667. The van der Waals surface area contributed by atoms with E-state index in [1.807, 2.05) is 0 Å². The van der Waals surface area contributed by atoms with Gasteiger partial charge in [0, 0.05) is 0 Å². The molecule has 0 radical (unpaired) electrons. The third-order valence-corrected chi connectivity index (χ3v) is 12.3. The van der Waals surface area contributed by atoms with Crippen LogP contribution in [0.5, 0.6) is 0 Å². The van der Waals surface area contributed by atoms with Gasteiger partial charge in [-0.15, -0.1) is 0 Å². The molecule has 0 aromatic rings. The van der Waals surface area contributed by atoms with E-state index in [2.05, 4.69) is 65.8 Å². The molecule has 1 heteroatoms. The molecule has 0 aromatic heterocycles. The summed E-state index contributed by atoms with van der Waals surface area (Å²) in [5.74, 6) is 0. The molecule has 0 N–H and O–H groups in total. The van der Waals surface area contributed by atoms with E-state index >= 15 is 0 Å². The Balaban J connectivity index is 2.42. The molecule has 138 valence electrons. The van der Waals surface area contributed by atoms with Gasteiger partial charge < -0.3 is 0 Å². The van der Waals surface area contributed by atoms with Crippen LogP contribution in [-0.2, 0) is 23.2 Å². The summed E-state index contributed by atoms with van der Waals surface area (Å²) < 4.78 is 0.899. The fourth-order valence-corrected chi connectivity index (χ4v) is 10.9. The Kier molecular flexibility index (Phi) is 7.75. The Bertz CT molecular complexity index is 537. The van der Waals surface area contributed by atoms with E-state index in [1.165, 1.54) is 51.4 Å². The third kappa shape index (κ3) is 4.23. The van der Waals surface area contributed by atoms with E-state index in [0.29, 0.717) is 6.25 Å². The first-order valence-electron chi connectivity index (χ1n) is 10.7. The summed E-state index contributed by atoms with van der Waals surface area (Å²) in [6, 6.07) is 0. The summed E-state index contributed by atoms with van der Waals surface area (Å²) >= 11 is -0.717. The molecule has 0 nitrogen and oxygen atoms in total. The quantitative estimate of drug-likeness (QED) is 0.335. The summed E-state index contributed by atoms with van der Waals surface area (Å²) in [5.41, 5.74) is 6.77. The van der Waals surface area contributed by atoms with Gasteiger partial charge in [0.1, 0.15) is 0 Å². The summed E-state index contributed by atoms with van der Waals surface area (Å²) in [6.45, 7) is 14.3. The zero-order valence-corrected chi connectivity index (χ0v) is 19.9. The zero-order valence-electron chi connectivity index (χ0n) is 17.5. The molecule has 0 aliphatic heterocycles. The number of hydrogen-bond acceptors (Lipinski definition) is 0. The SMILES string of the molecule is CCCC1=C[C](CC)([Zr][C]2(CC)C=C(CCC)C=C2CC)C(CC)=C1.